The second kappa shape index (κ2) is 7.05. The molecule has 3 rings (SSSR count). The van der Waals surface area contributed by atoms with Gasteiger partial charge in [0.25, 0.3) is 5.91 Å². The Morgan fingerprint density at radius 3 is 2.54 bits per heavy atom. The lowest BCUT2D eigenvalue weighted by atomic mass is 10.2. The number of para-hydroxylation sites is 1. The molecule has 2 aromatic carbocycles. The Hall–Kier alpha value is -3.06. The Bertz CT molecular complexity index is 1070. The first kappa shape index (κ1) is 17.8. The maximum absolute atomic E-state index is 14.0. The first-order valence-corrected chi connectivity index (χ1v) is 7.87. The van der Waals surface area contributed by atoms with Gasteiger partial charge in [0, 0.05) is 17.4 Å². The van der Waals surface area contributed by atoms with Crippen molar-refractivity contribution in [2.75, 3.05) is 5.32 Å². The van der Waals surface area contributed by atoms with Gasteiger partial charge >= 0.3 is 0 Å². The SMILES string of the molecule is Cc1cc(=O)c(C(=O)Nc2ccc(F)c(Cl)c2)nn1-c1ccccc1F. The second-order valence-electron chi connectivity index (χ2n) is 5.44. The fraction of sp³-hybridized carbons (Fsp3) is 0.0556. The zero-order chi connectivity index (χ0) is 18.8. The fourth-order valence-corrected chi connectivity index (χ4v) is 2.52. The summed E-state index contributed by atoms with van der Waals surface area (Å²) in [6.07, 6.45) is 0. The van der Waals surface area contributed by atoms with Gasteiger partial charge in [-0.05, 0) is 37.3 Å². The zero-order valence-corrected chi connectivity index (χ0v) is 14.2. The Morgan fingerprint density at radius 1 is 1.12 bits per heavy atom. The number of hydrogen-bond acceptors (Lipinski definition) is 3. The summed E-state index contributed by atoms with van der Waals surface area (Å²) in [5, 5.41) is 6.23. The van der Waals surface area contributed by atoms with Gasteiger partial charge in [0.2, 0.25) is 5.43 Å². The maximum atomic E-state index is 14.0. The third kappa shape index (κ3) is 3.48. The molecule has 132 valence electrons. The van der Waals surface area contributed by atoms with E-state index >= 15 is 0 Å². The van der Waals surface area contributed by atoms with Gasteiger partial charge in [-0.25, -0.2) is 13.5 Å². The zero-order valence-electron chi connectivity index (χ0n) is 13.5. The summed E-state index contributed by atoms with van der Waals surface area (Å²) < 4.78 is 28.4. The number of aromatic nitrogens is 2. The molecule has 0 aliphatic carbocycles. The minimum Gasteiger partial charge on any atom is -0.320 e. The number of nitrogens with one attached hydrogen (secondary N) is 1. The molecule has 1 N–H and O–H groups in total. The van der Waals surface area contributed by atoms with Crippen LogP contribution >= 0.6 is 11.6 Å². The van der Waals surface area contributed by atoms with Gasteiger partial charge in [-0.3, -0.25) is 9.59 Å². The Labute approximate surface area is 151 Å². The second-order valence-corrected chi connectivity index (χ2v) is 5.85. The van der Waals surface area contributed by atoms with Crippen LogP contribution < -0.4 is 10.7 Å². The van der Waals surface area contributed by atoms with Crippen LogP contribution in [0.15, 0.2) is 53.3 Å². The predicted molar refractivity (Wildman–Crippen MR) is 93.9 cm³/mol. The van der Waals surface area contributed by atoms with Gasteiger partial charge in [-0.2, -0.15) is 5.10 Å². The summed E-state index contributed by atoms with van der Waals surface area (Å²) in [6.45, 7) is 1.57. The highest BCUT2D eigenvalue weighted by Gasteiger charge is 2.17. The van der Waals surface area contributed by atoms with Crippen LogP contribution in [0.4, 0.5) is 14.5 Å². The number of carbonyl (C=O) groups excluding carboxylic acids is 1. The number of benzene rings is 2. The number of rotatable bonds is 3. The van der Waals surface area contributed by atoms with Crippen LogP contribution in [0.5, 0.6) is 0 Å². The average Bonchev–Trinajstić information content (AvgIpc) is 2.59. The van der Waals surface area contributed by atoms with E-state index in [-0.39, 0.29) is 16.4 Å². The van der Waals surface area contributed by atoms with E-state index in [1.807, 2.05) is 0 Å². The van der Waals surface area contributed by atoms with Crippen molar-refractivity contribution < 1.29 is 13.6 Å². The van der Waals surface area contributed by atoms with E-state index in [9.17, 15) is 18.4 Å². The van der Waals surface area contributed by atoms with Crippen molar-refractivity contribution in [1.82, 2.24) is 9.78 Å². The average molecular weight is 376 g/mol. The van der Waals surface area contributed by atoms with Gasteiger partial charge in [0.1, 0.15) is 17.3 Å². The molecule has 0 atom stereocenters. The van der Waals surface area contributed by atoms with Crippen LogP contribution in [0.1, 0.15) is 16.2 Å². The molecule has 0 unspecified atom stereocenters. The Morgan fingerprint density at radius 2 is 1.85 bits per heavy atom. The molecule has 0 fully saturated rings. The molecular weight excluding hydrogens is 364 g/mol. The molecule has 5 nitrogen and oxygen atoms in total. The van der Waals surface area contributed by atoms with E-state index in [1.54, 1.807) is 13.0 Å². The predicted octanol–water partition coefficient (Wildman–Crippen LogP) is 3.72. The third-order valence-corrected chi connectivity index (χ3v) is 3.87. The summed E-state index contributed by atoms with van der Waals surface area (Å²) in [4.78, 5) is 24.5. The number of nitrogens with zero attached hydrogens (tertiary/aromatic N) is 2. The molecule has 8 heteroatoms. The molecule has 0 spiro atoms. The molecule has 26 heavy (non-hydrogen) atoms. The number of carbonyl (C=O) groups is 1. The molecule has 0 saturated carbocycles. The van der Waals surface area contributed by atoms with E-state index in [2.05, 4.69) is 10.4 Å². The molecule has 0 radical (unpaired) electrons. The van der Waals surface area contributed by atoms with E-state index in [0.717, 1.165) is 6.07 Å². The number of amides is 1. The monoisotopic (exact) mass is 375 g/mol. The number of anilines is 1. The largest absolute Gasteiger partial charge is 0.320 e. The first-order chi connectivity index (χ1) is 12.4. The van der Waals surface area contributed by atoms with Gasteiger partial charge in [0.05, 0.1) is 5.02 Å². The van der Waals surface area contributed by atoms with Crippen LogP contribution in [-0.2, 0) is 0 Å². The number of aryl methyl sites for hydroxylation is 1. The first-order valence-electron chi connectivity index (χ1n) is 7.49. The van der Waals surface area contributed by atoms with Gasteiger partial charge < -0.3 is 5.32 Å². The van der Waals surface area contributed by atoms with Crippen LogP contribution in [0.25, 0.3) is 5.69 Å². The summed E-state index contributed by atoms with van der Waals surface area (Å²) in [7, 11) is 0. The highest BCUT2D eigenvalue weighted by Crippen LogP contribution is 2.20. The quantitative estimate of drug-likeness (QED) is 0.758. The van der Waals surface area contributed by atoms with Gasteiger partial charge in [-0.15, -0.1) is 0 Å². The lowest BCUT2D eigenvalue weighted by molar-refractivity contribution is 0.101. The van der Waals surface area contributed by atoms with Crippen LogP contribution in [0.3, 0.4) is 0 Å². The third-order valence-electron chi connectivity index (χ3n) is 3.58. The Balaban J connectivity index is 2.01. The lowest BCUT2D eigenvalue weighted by Gasteiger charge is -2.12. The summed E-state index contributed by atoms with van der Waals surface area (Å²) in [6, 6.07) is 10.6. The van der Waals surface area contributed by atoms with Crippen LogP contribution in [0.2, 0.25) is 5.02 Å². The molecule has 0 bridgehead atoms. The number of hydrogen-bond donors (Lipinski definition) is 1. The molecule has 1 aromatic heterocycles. The van der Waals surface area contributed by atoms with Crippen molar-refractivity contribution in [2.45, 2.75) is 6.92 Å². The fourth-order valence-electron chi connectivity index (χ4n) is 2.34. The highest BCUT2D eigenvalue weighted by atomic mass is 35.5. The van der Waals surface area contributed by atoms with Crippen molar-refractivity contribution in [3.05, 3.63) is 86.8 Å². The van der Waals surface area contributed by atoms with Gasteiger partial charge in [0.15, 0.2) is 5.69 Å². The summed E-state index contributed by atoms with van der Waals surface area (Å²) >= 11 is 5.67. The number of halogens is 3. The highest BCUT2D eigenvalue weighted by molar-refractivity contribution is 6.31. The molecule has 1 heterocycles. The standard InChI is InChI=1S/C18H12ClF2N3O2/c1-10-8-16(25)17(23-24(10)15-5-3-2-4-14(15)21)18(26)22-11-6-7-13(20)12(19)9-11/h2-9H,1H3,(H,22,26). The molecule has 0 saturated heterocycles. The van der Waals surface area contributed by atoms with Gasteiger partial charge in [-0.1, -0.05) is 23.7 Å². The van der Waals surface area contributed by atoms with Crippen molar-refractivity contribution in [3.8, 4) is 5.69 Å². The maximum Gasteiger partial charge on any atom is 0.280 e. The van der Waals surface area contributed by atoms with Crippen molar-refractivity contribution in [3.63, 3.8) is 0 Å². The van der Waals surface area contributed by atoms with E-state index in [4.69, 9.17) is 11.6 Å². The van der Waals surface area contributed by atoms with E-state index in [0.29, 0.717) is 5.69 Å². The van der Waals surface area contributed by atoms with Crippen molar-refractivity contribution >= 4 is 23.2 Å². The normalized spacial score (nSPS) is 10.6. The molecule has 3 aromatic rings. The van der Waals surface area contributed by atoms with E-state index in [1.165, 1.54) is 41.1 Å². The summed E-state index contributed by atoms with van der Waals surface area (Å²) in [5.41, 5.74) is -0.397. The molecule has 1 amide bonds. The van der Waals surface area contributed by atoms with E-state index < -0.39 is 28.7 Å². The van der Waals surface area contributed by atoms with Crippen molar-refractivity contribution in [2.24, 2.45) is 0 Å². The molecule has 0 aliphatic rings. The lowest BCUT2D eigenvalue weighted by Crippen LogP contribution is -2.27. The molecule has 0 aliphatic heterocycles. The Kier molecular flexibility index (Phi) is 4.81. The van der Waals surface area contributed by atoms with Crippen LogP contribution in [0, 0.1) is 18.6 Å². The minimum atomic E-state index is -0.817. The smallest absolute Gasteiger partial charge is 0.280 e. The topological polar surface area (TPSA) is 64.0 Å². The minimum absolute atomic E-state index is 0.101. The van der Waals surface area contributed by atoms with Crippen LogP contribution in [-0.4, -0.2) is 15.7 Å². The molecular formula is C18H12ClF2N3O2. The van der Waals surface area contributed by atoms with Crippen molar-refractivity contribution in [1.29, 1.82) is 0 Å². The summed E-state index contributed by atoms with van der Waals surface area (Å²) in [5.74, 6) is -2.01.